The zero-order chi connectivity index (χ0) is 14.5. The summed E-state index contributed by atoms with van der Waals surface area (Å²) in [6.07, 6.45) is 12.7. The Morgan fingerprint density at radius 2 is 1.55 bits per heavy atom. The van der Waals surface area contributed by atoms with Crippen molar-refractivity contribution in [3.8, 4) is 0 Å². The van der Waals surface area contributed by atoms with E-state index in [-0.39, 0.29) is 0 Å². The zero-order valence-corrected chi connectivity index (χ0v) is 13.9. The number of hydrogen-bond acceptors (Lipinski definition) is 2. The Kier molecular flexibility index (Phi) is 6.35. The van der Waals surface area contributed by atoms with Crippen molar-refractivity contribution in [2.75, 3.05) is 0 Å². The molecule has 2 aliphatic carbocycles. The van der Waals surface area contributed by atoms with Crippen LogP contribution in [0.1, 0.15) is 78.6 Å². The molecule has 0 saturated heterocycles. The van der Waals surface area contributed by atoms with Crippen LogP contribution in [-0.2, 0) is 0 Å². The molecule has 2 fully saturated rings. The summed E-state index contributed by atoms with van der Waals surface area (Å²) in [4.78, 5) is 0. The van der Waals surface area contributed by atoms with Gasteiger partial charge in [-0.25, -0.2) is 0 Å². The summed E-state index contributed by atoms with van der Waals surface area (Å²) in [6.45, 7) is 7.14. The third-order valence-electron chi connectivity index (χ3n) is 6.41. The van der Waals surface area contributed by atoms with E-state index in [0.717, 1.165) is 29.6 Å². The predicted octanol–water partition coefficient (Wildman–Crippen LogP) is 4.50. The molecule has 0 aliphatic heterocycles. The summed E-state index contributed by atoms with van der Waals surface area (Å²) in [7, 11) is 0. The molecular weight excluding hydrogens is 244 g/mol. The molecular formula is C18H36N2. The summed E-state index contributed by atoms with van der Waals surface area (Å²) in [5, 5.41) is 0. The molecule has 0 heterocycles. The fourth-order valence-electron chi connectivity index (χ4n) is 5.00. The van der Waals surface area contributed by atoms with Gasteiger partial charge in [0.2, 0.25) is 0 Å². The van der Waals surface area contributed by atoms with Crippen LogP contribution in [0.5, 0.6) is 0 Å². The number of nitrogens with two attached hydrogens (primary N) is 1. The largest absolute Gasteiger partial charge is 0.271 e. The molecule has 2 heteroatoms. The molecule has 3 N–H and O–H groups in total. The molecule has 0 aromatic rings. The Balaban J connectivity index is 1.94. The molecule has 118 valence electrons. The highest BCUT2D eigenvalue weighted by atomic mass is 15.2. The van der Waals surface area contributed by atoms with Gasteiger partial charge in [-0.15, -0.1) is 0 Å². The molecule has 0 amide bonds. The lowest BCUT2D eigenvalue weighted by molar-refractivity contribution is 0.101. The Hall–Kier alpha value is -0.0800. The smallest absolute Gasteiger partial charge is 0.0269 e. The molecule has 0 aromatic carbocycles. The molecule has 2 saturated carbocycles. The van der Waals surface area contributed by atoms with E-state index in [1.165, 1.54) is 57.8 Å². The van der Waals surface area contributed by atoms with E-state index in [1.54, 1.807) is 0 Å². The van der Waals surface area contributed by atoms with Crippen molar-refractivity contribution in [3.63, 3.8) is 0 Å². The van der Waals surface area contributed by atoms with Crippen molar-refractivity contribution >= 4 is 0 Å². The molecule has 0 radical (unpaired) electrons. The van der Waals surface area contributed by atoms with E-state index in [0.29, 0.717) is 6.04 Å². The van der Waals surface area contributed by atoms with Gasteiger partial charge in [0.25, 0.3) is 0 Å². The standard InChI is InChI=1S/C18H36N2/c1-4-14-7-5-6-8-17(14)18(20-19)16-11-9-15(10-12-16)13(2)3/h13-18,20H,4-12,19H2,1-3H3. The van der Waals surface area contributed by atoms with Gasteiger partial charge >= 0.3 is 0 Å². The maximum atomic E-state index is 6.00. The first-order valence-electron chi connectivity index (χ1n) is 9.13. The quantitative estimate of drug-likeness (QED) is 0.575. The Bertz CT molecular complexity index is 269. The lowest BCUT2D eigenvalue weighted by Gasteiger charge is -2.43. The summed E-state index contributed by atoms with van der Waals surface area (Å²) >= 11 is 0. The van der Waals surface area contributed by atoms with Crippen LogP contribution >= 0.6 is 0 Å². The highest BCUT2D eigenvalue weighted by molar-refractivity contribution is 4.90. The second kappa shape index (κ2) is 7.79. The lowest BCUT2D eigenvalue weighted by atomic mass is 9.66. The van der Waals surface area contributed by atoms with Gasteiger partial charge in [0.15, 0.2) is 0 Å². The Morgan fingerprint density at radius 3 is 2.10 bits per heavy atom. The van der Waals surface area contributed by atoms with E-state index in [9.17, 15) is 0 Å². The number of nitrogens with one attached hydrogen (secondary N) is 1. The van der Waals surface area contributed by atoms with Crippen molar-refractivity contribution in [1.29, 1.82) is 0 Å². The van der Waals surface area contributed by atoms with Crippen LogP contribution in [0.4, 0.5) is 0 Å². The van der Waals surface area contributed by atoms with Crippen molar-refractivity contribution in [2.24, 2.45) is 35.4 Å². The number of hydrazine groups is 1. The molecule has 3 unspecified atom stereocenters. The van der Waals surface area contributed by atoms with Gasteiger partial charge in [0, 0.05) is 6.04 Å². The average molecular weight is 281 g/mol. The molecule has 2 rings (SSSR count). The van der Waals surface area contributed by atoms with Crippen LogP contribution in [0.25, 0.3) is 0 Å². The van der Waals surface area contributed by atoms with Gasteiger partial charge in [0.05, 0.1) is 0 Å². The van der Waals surface area contributed by atoms with Crippen molar-refractivity contribution in [2.45, 2.75) is 84.6 Å². The summed E-state index contributed by atoms with van der Waals surface area (Å²) in [5.74, 6) is 10.4. The van der Waals surface area contributed by atoms with E-state index >= 15 is 0 Å². The highest BCUT2D eigenvalue weighted by Crippen LogP contribution is 2.41. The van der Waals surface area contributed by atoms with Gasteiger partial charge in [-0.05, 0) is 61.7 Å². The maximum absolute atomic E-state index is 6.00. The highest BCUT2D eigenvalue weighted by Gasteiger charge is 2.36. The topological polar surface area (TPSA) is 38.0 Å². The molecule has 2 nitrogen and oxygen atoms in total. The van der Waals surface area contributed by atoms with Gasteiger partial charge in [-0.3, -0.25) is 11.3 Å². The Morgan fingerprint density at radius 1 is 0.950 bits per heavy atom. The van der Waals surface area contributed by atoms with E-state index in [4.69, 9.17) is 5.84 Å². The second-order valence-electron chi connectivity index (χ2n) is 7.73. The van der Waals surface area contributed by atoms with Crippen molar-refractivity contribution < 1.29 is 0 Å². The third kappa shape index (κ3) is 3.76. The van der Waals surface area contributed by atoms with Gasteiger partial charge in [-0.1, -0.05) is 46.5 Å². The number of hydrogen-bond donors (Lipinski definition) is 2. The van der Waals surface area contributed by atoms with Gasteiger partial charge in [-0.2, -0.15) is 0 Å². The van der Waals surface area contributed by atoms with Crippen LogP contribution in [0.15, 0.2) is 0 Å². The molecule has 20 heavy (non-hydrogen) atoms. The molecule has 0 aromatic heterocycles. The van der Waals surface area contributed by atoms with Crippen LogP contribution < -0.4 is 11.3 Å². The SMILES string of the molecule is CCC1CCCCC1C(NN)C1CCC(C(C)C)CC1. The van der Waals surface area contributed by atoms with Crippen LogP contribution in [0.3, 0.4) is 0 Å². The summed E-state index contributed by atoms with van der Waals surface area (Å²) < 4.78 is 0. The van der Waals surface area contributed by atoms with Crippen molar-refractivity contribution in [1.82, 2.24) is 5.43 Å². The maximum Gasteiger partial charge on any atom is 0.0269 e. The van der Waals surface area contributed by atoms with E-state index < -0.39 is 0 Å². The molecule has 3 atom stereocenters. The lowest BCUT2D eigenvalue weighted by Crippen LogP contribution is -2.50. The fraction of sp³-hybridized carbons (Fsp3) is 1.00. The summed E-state index contributed by atoms with van der Waals surface area (Å²) in [5.41, 5.74) is 3.25. The van der Waals surface area contributed by atoms with Crippen LogP contribution in [-0.4, -0.2) is 6.04 Å². The van der Waals surface area contributed by atoms with E-state index in [1.807, 2.05) is 0 Å². The summed E-state index contributed by atoms with van der Waals surface area (Å²) in [6, 6.07) is 0.577. The van der Waals surface area contributed by atoms with Crippen LogP contribution in [0, 0.1) is 29.6 Å². The monoisotopic (exact) mass is 280 g/mol. The third-order valence-corrected chi connectivity index (χ3v) is 6.41. The minimum absolute atomic E-state index is 0.577. The first-order chi connectivity index (χ1) is 9.67. The van der Waals surface area contributed by atoms with Gasteiger partial charge in [0.1, 0.15) is 0 Å². The Labute approximate surface area is 126 Å². The van der Waals surface area contributed by atoms with E-state index in [2.05, 4.69) is 26.2 Å². The van der Waals surface area contributed by atoms with Crippen LogP contribution in [0.2, 0.25) is 0 Å². The first-order valence-corrected chi connectivity index (χ1v) is 9.13. The minimum Gasteiger partial charge on any atom is -0.271 e. The predicted molar refractivity (Wildman–Crippen MR) is 87.1 cm³/mol. The minimum atomic E-state index is 0.577. The molecule has 0 spiro atoms. The van der Waals surface area contributed by atoms with Gasteiger partial charge < -0.3 is 0 Å². The zero-order valence-electron chi connectivity index (χ0n) is 13.9. The average Bonchev–Trinajstić information content (AvgIpc) is 2.49. The second-order valence-corrected chi connectivity index (χ2v) is 7.73. The van der Waals surface area contributed by atoms with Crippen molar-refractivity contribution in [3.05, 3.63) is 0 Å². The molecule has 2 aliphatic rings. The molecule has 0 bridgehead atoms. The normalized spacial score (nSPS) is 37.0. The first kappa shape index (κ1) is 16.3. The fourth-order valence-corrected chi connectivity index (χ4v) is 5.00. The number of rotatable bonds is 5.